The van der Waals surface area contributed by atoms with E-state index < -0.39 is 18.4 Å². The van der Waals surface area contributed by atoms with Gasteiger partial charge in [-0.3, -0.25) is 0 Å². The van der Waals surface area contributed by atoms with Crippen LogP contribution in [0.25, 0.3) is 33.3 Å². The number of ether oxygens (including phenoxy) is 3. The van der Waals surface area contributed by atoms with Gasteiger partial charge in [-0.05, 0) is 64.7 Å². The van der Waals surface area contributed by atoms with Gasteiger partial charge in [0.1, 0.15) is 51.8 Å². The molecule has 236 valence electrons. The van der Waals surface area contributed by atoms with Gasteiger partial charge in [-0.15, -0.1) is 0 Å². The second kappa shape index (κ2) is 13.6. The van der Waals surface area contributed by atoms with Crippen LogP contribution in [0.1, 0.15) is 70.8 Å². The van der Waals surface area contributed by atoms with Gasteiger partial charge in [-0.25, -0.2) is 38.3 Å². The fourth-order valence-corrected chi connectivity index (χ4v) is 4.99. The van der Waals surface area contributed by atoms with E-state index >= 15 is 0 Å². The number of aromatic nitrogens is 6. The minimum atomic E-state index is -2.62. The Labute approximate surface area is 261 Å². The normalized spacial score (nSPS) is 12.7. The molecule has 1 fully saturated rings. The van der Waals surface area contributed by atoms with Crippen LogP contribution in [0.2, 0.25) is 5.15 Å². The number of alkyl halides is 2. The maximum atomic E-state index is 13.3. The van der Waals surface area contributed by atoms with Crippen molar-refractivity contribution in [2.75, 3.05) is 19.8 Å². The zero-order chi connectivity index (χ0) is 32.2. The Bertz CT molecular complexity index is 1870. The van der Waals surface area contributed by atoms with E-state index in [1.54, 1.807) is 33.8 Å². The molecule has 0 unspecified atom stereocenters. The topological polar surface area (TPSA) is 145 Å². The number of carbonyl (C=O) groups is 2. The molecule has 45 heavy (non-hydrogen) atoms. The van der Waals surface area contributed by atoms with Crippen molar-refractivity contribution in [1.82, 2.24) is 29.9 Å². The second-order valence-electron chi connectivity index (χ2n) is 10.3. The summed E-state index contributed by atoms with van der Waals surface area (Å²) in [6.45, 7) is 8.07. The first-order chi connectivity index (χ1) is 21.6. The molecule has 0 bridgehead atoms. The molecule has 0 atom stereocenters. The smallest absolute Gasteiger partial charge is 0.342 e. The van der Waals surface area contributed by atoms with Crippen LogP contribution >= 0.6 is 11.6 Å². The number of rotatable bonds is 9. The lowest BCUT2D eigenvalue weighted by Gasteiger charge is -2.13. The summed E-state index contributed by atoms with van der Waals surface area (Å²) in [5.74, 6) is 0.0888. The second-order valence-corrected chi connectivity index (χ2v) is 10.7. The molecular weight excluding hydrogens is 610 g/mol. The quantitative estimate of drug-likeness (QED) is 0.129. The van der Waals surface area contributed by atoms with E-state index in [9.17, 15) is 18.4 Å². The highest BCUT2D eigenvalue weighted by Crippen LogP contribution is 2.38. The molecular formula is C31H31ClF2N6O5. The fraction of sp³-hybridized carbons (Fsp3) is 0.355. The lowest BCUT2D eigenvalue weighted by Crippen LogP contribution is -2.06. The first-order valence-corrected chi connectivity index (χ1v) is 14.7. The van der Waals surface area contributed by atoms with Crippen LogP contribution in [0.15, 0.2) is 30.9 Å². The maximum absolute atomic E-state index is 13.3. The molecule has 1 aromatic carbocycles. The highest BCUT2D eigenvalue weighted by molar-refractivity contribution is 6.34. The Hall–Kier alpha value is -4.65. The third-order valence-corrected chi connectivity index (χ3v) is 7.42. The van der Waals surface area contributed by atoms with Crippen molar-refractivity contribution in [3.63, 3.8) is 0 Å². The molecule has 0 radical (unpaired) electrons. The molecule has 4 heterocycles. The average molecular weight is 641 g/mol. The summed E-state index contributed by atoms with van der Waals surface area (Å²) >= 11 is 5.89. The van der Waals surface area contributed by atoms with Crippen LogP contribution in [0.3, 0.4) is 0 Å². The minimum absolute atomic E-state index is 0.126. The molecule has 0 saturated heterocycles. The van der Waals surface area contributed by atoms with Crippen LogP contribution in [0.5, 0.6) is 5.75 Å². The standard InChI is InChI=1S/C21H21F2N3O3.C10H10ClN3O2/c1-3-28-21(27)16-11(2)26-19-17(24-10-25-18(16)19)14-8-13(20(22)23)6-7-15(14)29-9-12-4-5-12;1-3-16-10(15)6-5(2)14-8-7(6)12-4-13-9(8)11/h6-8,10,12,20,26H,3-5,9H2,1-2H3;4,14H,3H2,1-2H3. The Morgan fingerprint density at radius 1 is 0.911 bits per heavy atom. The Morgan fingerprint density at radius 2 is 1.49 bits per heavy atom. The number of halogens is 3. The predicted molar refractivity (Wildman–Crippen MR) is 163 cm³/mol. The number of benzene rings is 1. The van der Waals surface area contributed by atoms with Crippen molar-refractivity contribution in [3.05, 3.63) is 64.1 Å². The van der Waals surface area contributed by atoms with Gasteiger partial charge < -0.3 is 24.2 Å². The third kappa shape index (κ3) is 6.72. The molecule has 1 aliphatic carbocycles. The van der Waals surface area contributed by atoms with Gasteiger partial charge in [0.2, 0.25) is 0 Å². The van der Waals surface area contributed by atoms with Crippen LogP contribution in [0, 0.1) is 19.8 Å². The number of aryl methyl sites for hydroxylation is 2. The molecule has 4 aromatic heterocycles. The molecule has 14 heteroatoms. The minimum Gasteiger partial charge on any atom is -0.493 e. The van der Waals surface area contributed by atoms with E-state index in [4.69, 9.17) is 25.8 Å². The molecule has 6 rings (SSSR count). The monoisotopic (exact) mass is 640 g/mol. The summed E-state index contributed by atoms with van der Waals surface area (Å²) < 4.78 is 42.7. The molecule has 0 amide bonds. The van der Waals surface area contributed by atoms with Crippen molar-refractivity contribution in [1.29, 1.82) is 0 Å². The van der Waals surface area contributed by atoms with E-state index in [1.165, 1.54) is 24.8 Å². The first kappa shape index (κ1) is 31.8. The van der Waals surface area contributed by atoms with E-state index in [-0.39, 0.29) is 12.2 Å². The largest absolute Gasteiger partial charge is 0.493 e. The summed E-state index contributed by atoms with van der Waals surface area (Å²) in [5.41, 5.74) is 4.63. The summed E-state index contributed by atoms with van der Waals surface area (Å²) in [4.78, 5) is 46.6. The predicted octanol–water partition coefficient (Wildman–Crippen LogP) is 6.93. The number of hydrogen-bond donors (Lipinski definition) is 2. The molecule has 2 N–H and O–H groups in total. The number of nitrogens with one attached hydrogen (secondary N) is 2. The van der Waals surface area contributed by atoms with Gasteiger partial charge in [0.25, 0.3) is 6.43 Å². The van der Waals surface area contributed by atoms with Gasteiger partial charge in [0.05, 0.1) is 25.3 Å². The summed E-state index contributed by atoms with van der Waals surface area (Å²) in [5, 5.41) is 0.295. The van der Waals surface area contributed by atoms with Crippen molar-refractivity contribution >= 4 is 45.6 Å². The summed E-state index contributed by atoms with van der Waals surface area (Å²) in [7, 11) is 0. The number of H-pyrrole nitrogens is 2. The number of nitrogens with zero attached hydrogens (tertiary/aromatic N) is 4. The van der Waals surface area contributed by atoms with Crippen molar-refractivity contribution < 1.29 is 32.6 Å². The van der Waals surface area contributed by atoms with Gasteiger partial charge in [0.15, 0.2) is 5.15 Å². The number of fused-ring (bicyclic) bond motifs is 2. The number of hydrogen-bond acceptors (Lipinski definition) is 9. The summed E-state index contributed by atoms with van der Waals surface area (Å²) in [6.07, 6.45) is 2.24. The van der Waals surface area contributed by atoms with Gasteiger partial charge in [-0.1, -0.05) is 11.6 Å². The molecule has 1 saturated carbocycles. The van der Waals surface area contributed by atoms with Crippen LogP contribution < -0.4 is 4.74 Å². The van der Waals surface area contributed by atoms with Crippen LogP contribution in [0.4, 0.5) is 8.78 Å². The van der Waals surface area contributed by atoms with E-state index in [1.807, 2.05) is 0 Å². The van der Waals surface area contributed by atoms with E-state index in [0.29, 0.717) is 85.9 Å². The lowest BCUT2D eigenvalue weighted by molar-refractivity contribution is 0.0517. The van der Waals surface area contributed by atoms with E-state index in [0.717, 1.165) is 12.8 Å². The number of aromatic amines is 2. The van der Waals surface area contributed by atoms with Gasteiger partial charge in [0, 0.05) is 22.5 Å². The third-order valence-electron chi connectivity index (χ3n) is 7.14. The van der Waals surface area contributed by atoms with Gasteiger partial charge in [-0.2, -0.15) is 0 Å². The van der Waals surface area contributed by atoms with Crippen molar-refractivity contribution in [3.8, 4) is 17.0 Å². The van der Waals surface area contributed by atoms with Crippen molar-refractivity contribution in [2.45, 2.75) is 47.0 Å². The highest BCUT2D eigenvalue weighted by Gasteiger charge is 2.26. The Kier molecular flexibility index (Phi) is 9.57. The maximum Gasteiger partial charge on any atom is 0.342 e. The first-order valence-electron chi connectivity index (χ1n) is 14.4. The SMILES string of the molecule is CCOC(=O)c1c(C)[nH]c2c(-c3cc(C(F)F)ccc3OCC3CC3)ncnc12.CCOC(=O)c1c(C)[nH]c2c(Cl)ncnc12. The van der Waals surface area contributed by atoms with Crippen LogP contribution in [-0.4, -0.2) is 61.7 Å². The summed E-state index contributed by atoms with van der Waals surface area (Å²) in [6, 6.07) is 4.29. The molecule has 1 aliphatic rings. The Balaban J connectivity index is 0.000000211. The number of carbonyl (C=O) groups excluding carboxylic acids is 2. The molecule has 0 aliphatic heterocycles. The van der Waals surface area contributed by atoms with E-state index in [2.05, 4.69) is 29.9 Å². The van der Waals surface area contributed by atoms with Crippen molar-refractivity contribution in [2.24, 2.45) is 5.92 Å². The highest BCUT2D eigenvalue weighted by atomic mass is 35.5. The zero-order valence-corrected chi connectivity index (χ0v) is 25.8. The lowest BCUT2D eigenvalue weighted by atomic mass is 10.0. The van der Waals surface area contributed by atoms with Crippen LogP contribution in [-0.2, 0) is 9.47 Å². The number of esters is 2. The molecule has 0 spiro atoms. The Morgan fingerprint density at radius 3 is 2.07 bits per heavy atom. The zero-order valence-electron chi connectivity index (χ0n) is 25.0. The molecule has 11 nitrogen and oxygen atoms in total. The van der Waals surface area contributed by atoms with Gasteiger partial charge >= 0.3 is 11.9 Å². The fourth-order valence-electron chi connectivity index (χ4n) is 4.81. The molecule has 5 aromatic rings. The average Bonchev–Trinajstić information content (AvgIpc) is 3.68.